The lowest BCUT2D eigenvalue weighted by molar-refractivity contribution is 0.208. The van der Waals surface area contributed by atoms with Crippen LogP contribution < -0.4 is 5.73 Å². The maximum Gasteiger partial charge on any atom is 0.0565 e. The Labute approximate surface area is 120 Å². The molecule has 2 aromatic rings. The van der Waals surface area contributed by atoms with Gasteiger partial charge in [0.25, 0.3) is 0 Å². The number of rotatable bonds is 3. The van der Waals surface area contributed by atoms with Crippen LogP contribution in [0.25, 0.3) is 0 Å². The molecule has 1 aliphatic carbocycles. The van der Waals surface area contributed by atoms with Crippen LogP contribution in [0.2, 0.25) is 0 Å². The molecule has 0 radical (unpaired) electrons. The Balaban J connectivity index is 1.83. The summed E-state index contributed by atoms with van der Waals surface area (Å²) in [5, 5.41) is 4.53. The molecule has 20 heavy (non-hydrogen) atoms. The molecule has 1 heterocycles. The first-order valence-electron chi connectivity index (χ1n) is 7.53. The third kappa shape index (κ3) is 2.63. The fourth-order valence-electron chi connectivity index (χ4n) is 3.45. The molecule has 106 valence electrons. The summed E-state index contributed by atoms with van der Waals surface area (Å²) in [5.41, 5.74) is 8.66. The molecule has 3 rings (SSSR count). The van der Waals surface area contributed by atoms with Gasteiger partial charge in [-0.05, 0) is 55.7 Å². The average Bonchev–Trinajstić information content (AvgIpc) is 2.94. The van der Waals surface area contributed by atoms with E-state index in [1.807, 2.05) is 6.20 Å². The summed E-state index contributed by atoms with van der Waals surface area (Å²) in [7, 11) is 0. The molecule has 1 saturated carbocycles. The summed E-state index contributed by atoms with van der Waals surface area (Å²) < 4.78 is 2.14. The van der Waals surface area contributed by atoms with E-state index in [-0.39, 0.29) is 0 Å². The number of nitrogens with two attached hydrogens (primary N) is 1. The van der Waals surface area contributed by atoms with Crippen molar-refractivity contribution in [3.8, 4) is 0 Å². The van der Waals surface area contributed by atoms with Gasteiger partial charge in [0.2, 0.25) is 0 Å². The lowest BCUT2D eigenvalue weighted by Crippen LogP contribution is -2.32. The van der Waals surface area contributed by atoms with Crippen molar-refractivity contribution in [2.45, 2.75) is 38.1 Å². The van der Waals surface area contributed by atoms with Crippen LogP contribution in [-0.4, -0.2) is 16.3 Å². The molecule has 0 bridgehead atoms. The van der Waals surface area contributed by atoms with Crippen molar-refractivity contribution in [3.63, 3.8) is 0 Å². The molecule has 0 aliphatic heterocycles. The van der Waals surface area contributed by atoms with Crippen molar-refractivity contribution in [2.24, 2.45) is 11.7 Å². The van der Waals surface area contributed by atoms with Gasteiger partial charge in [0.1, 0.15) is 0 Å². The van der Waals surface area contributed by atoms with Crippen LogP contribution in [0.3, 0.4) is 0 Å². The van der Waals surface area contributed by atoms with Gasteiger partial charge < -0.3 is 5.73 Å². The Morgan fingerprint density at radius 1 is 1.25 bits per heavy atom. The fraction of sp³-hybridized carbons (Fsp3) is 0.471. The standard InChI is InChI=1S/C17H23N3/c1-13-11-19-20(12-13)17-9-15(7-8-16(17)10-18)14-5-3-2-4-6-14/h2-6,11-12,15-17H,7-10,18H2,1H3. The second-order valence-corrected chi connectivity index (χ2v) is 5.98. The normalized spacial score (nSPS) is 26.6. The highest BCUT2D eigenvalue weighted by atomic mass is 15.3. The van der Waals surface area contributed by atoms with Crippen LogP contribution in [-0.2, 0) is 0 Å². The minimum atomic E-state index is 0.438. The smallest absolute Gasteiger partial charge is 0.0565 e. The minimum Gasteiger partial charge on any atom is -0.330 e. The molecule has 0 spiro atoms. The van der Waals surface area contributed by atoms with Gasteiger partial charge in [0.15, 0.2) is 0 Å². The zero-order chi connectivity index (χ0) is 13.9. The molecule has 3 atom stereocenters. The van der Waals surface area contributed by atoms with E-state index in [0.717, 1.165) is 13.0 Å². The van der Waals surface area contributed by atoms with Crippen LogP contribution in [0.4, 0.5) is 0 Å². The first-order valence-corrected chi connectivity index (χ1v) is 7.53. The molecule has 0 amide bonds. The maximum absolute atomic E-state index is 5.98. The van der Waals surface area contributed by atoms with Gasteiger partial charge in [-0.25, -0.2) is 0 Å². The Kier molecular flexibility index (Phi) is 3.88. The number of aromatic nitrogens is 2. The number of hydrogen-bond acceptors (Lipinski definition) is 2. The van der Waals surface area contributed by atoms with E-state index in [2.05, 4.69) is 53.2 Å². The summed E-state index contributed by atoms with van der Waals surface area (Å²) >= 11 is 0. The molecule has 1 fully saturated rings. The predicted octanol–water partition coefficient (Wildman–Crippen LogP) is 3.28. The van der Waals surface area contributed by atoms with E-state index < -0.39 is 0 Å². The van der Waals surface area contributed by atoms with Gasteiger partial charge in [0.05, 0.1) is 12.2 Å². The second kappa shape index (κ2) is 5.80. The number of aryl methyl sites for hydroxylation is 1. The van der Waals surface area contributed by atoms with E-state index in [1.54, 1.807) is 0 Å². The average molecular weight is 269 g/mol. The Morgan fingerprint density at radius 2 is 2.05 bits per heavy atom. The van der Waals surface area contributed by atoms with Crippen LogP contribution in [0.5, 0.6) is 0 Å². The monoisotopic (exact) mass is 269 g/mol. The molecule has 3 heteroatoms. The summed E-state index contributed by atoms with van der Waals surface area (Å²) in [6.07, 6.45) is 7.68. The first-order chi connectivity index (χ1) is 9.78. The highest BCUT2D eigenvalue weighted by Crippen LogP contribution is 2.41. The van der Waals surface area contributed by atoms with Crippen molar-refractivity contribution in [1.82, 2.24) is 9.78 Å². The highest BCUT2D eigenvalue weighted by molar-refractivity contribution is 5.20. The SMILES string of the molecule is Cc1cnn(C2CC(c3ccccc3)CCC2CN)c1. The van der Waals surface area contributed by atoms with Gasteiger partial charge >= 0.3 is 0 Å². The molecular weight excluding hydrogens is 246 g/mol. The van der Waals surface area contributed by atoms with Crippen LogP contribution >= 0.6 is 0 Å². The van der Waals surface area contributed by atoms with Crippen LogP contribution in [0.15, 0.2) is 42.7 Å². The molecule has 3 unspecified atom stereocenters. The predicted molar refractivity (Wildman–Crippen MR) is 81.6 cm³/mol. The van der Waals surface area contributed by atoms with E-state index >= 15 is 0 Å². The van der Waals surface area contributed by atoms with Crippen molar-refractivity contribution >= 4 is 0 Å². The Hall–Kier alpha value is -1.61. The summed E-state index contributed by atoms with van der Waals surface area (Å²) in [4.78, 5) is 0. The van der Waals surface area contributed by atoms with Gasteiger partial charge in [0, 0.05) is 6.20 Å². The van der Waals surface area contributed by atoms with E-state index in [1.165, 1.54) is 24.0 Å². The number of benzene rings is 1. The maximum atomic E-state index is 5.98. The van der Waals surface area contributed by atoms with Crippen molar-refractivity contribution < 1.29 is 0 Å². The lowest BCUT2D eigenvalue weighted by atomic mass is 9.75. The third-order valence-corrected chi connectivity index (χ3v) is 4.60. The van der Waals surface area contributed by atoms with Crippen LogP contribution in [0.1, 0.15) is 42.3 Å². The summed E-state index contributed by atoms with van der Waals surface area (Å²) in [5.74, 6) is 1.18. The summed E-state index contributed by atoms with van der Waals surface area (Å²) in [6.45, 7) is 2.85. The number of hydrogen-bond donors (Lipinski definition) is 1. The van der Waals surface area contributed by atoms with Gasteiger partial charge in [-0.3, -0.25) is 4.68 Å². The van der Waals surface area contributed by atoms with Crippen molar-refractivity contribution in [3.05, 3.63) is 53.9 Å². The topological polar surface area (TPSA) is 43.8 Å². The number of nitrogens with zero attached hydrogens (tertiary/aromatic N) is 2. The molecule has 0 saturated heterocycles. The molecule has 3 nitrogen and oxygen atoms in total. The van der Waals surface area contributed by atoms with Crippen molar-refractivity contribution in [2.75, 3.05) is 6.54 Å². The lowest BCUT2D eigenvalue weighted by Gasteiger charge is -2.36. The van der Waals surface area contributed by atoms with Crippen molar-refractivity contribution in [1.29, 1.82) is 0 Å². The van der Waals surface area contributed by atoms with Gasteiger partial charge in [-0.15, -0.1) is 0 Å². The largest absolute Gasteiger partial charge is 0.330 e. The van der Waals surface area contributed by atoms with E-state index in [0.29, 0.717) is 17.9 Å². The quantitative estimate of drug-likeness (QED) is 0.929. The highest BCUT2D eigenvalue weighted by Gasteiger charge is 2.31. The third-order valence-electron chi connectivity index (χ3n) is 4.60. The first kappa shape index (κ1) is 13.4. The molecule has 1 aromatic carbocycles. The zero-order valence-corrected chi connectivity index (χ0v) is 12.1. The van der Waals surface area contributed by atoms with Gasteiger partial charge in [-0.2, -0.15) is 5.10 Å². The molecule has 1 aliphatic rings. The Morgan fingerprint density at radius 3 is 2.70 bits per heavy atom. The van der Waals surface area contributed by atoms with Gasteiger partial charge in [-0.1, -0.05) is 30.3 Å². The second-order valence-electron chi connectivity index (χ2n) is 5.98. The molecule has 1 aromatic heterocycles. The zero-order valence-electron chi connectivity index (χ0n) is 12.1. The summed E-state index contributed by atoms with van der Waals surface area (Å²) in [6, 6.07) is 11.3. The fourth-order valence-corrected chi connectivity index (χ4v) is 3.45. The minimum absolute atomic E-state index is 0.438. The van der Waals surface area contributed by atoms with E-state index in [9.17, 15) is 0 Å². The molecular formula is C17H23N3. The Bertz CT molecular complexity index is 546. The molecule has 2 N–H and O–H groups in total. The van der Waals surface area contributed by atoms with E-state index in [4.69, 9.17) is 5.73 Å². The van der Waals surface area contributed by atoms with Crippen LogP contribution in [0, 0.1) is 12.8 Å².